The Morgan fingerprint density at radius 3 is 2.52 bits per heavy atom. The maximum absolute atomic E-state index is 11.9. The van der Waals surface area contributed by atoms with Crippen LogP contribution in [0.15, 0.2) is 41.2 Å². The van der Waals surface area contributed by atoms with Gasteiger partial charge in [-0.2, -0.15) is 0 Å². The molecule has 0 bridgehead atoms. The van der Waals surface area contributed by atoms with E-state index in [1.807, 2.05) is 6.07 Å². The molecule has 0 radical (unpaired) electrons. The third-order valence-corrected chi connectivity index (χ3v) is 4.69. The number of aromatic nitrogens is 2. The van der Waals surface area contributed by atoms with Gasteiger partial charge < -0.3 is 4.98 Å². The minimum absolute atomic E-state index is 0.114. The molecule has 1 saturated carbocycles. The van der Waals surface area contributed by atoms with E-state index >= 15 is 0 Å². The van der Waals surface area contributed by atoms with Crippen LogP contribution in [0.5, 0.6) is 0 Å². The second-order valence-electron chi connectivity index (χ2n) is 5.73. The van der Waals surface area contributed by atoms with Crippen LogP contribution in [-0.2, 0) is 11.3 Å². The SMILES string of the molecule is O=c1cc(CCl)nc(C2(c3ccccc3)CCCCC2)[nH]1. The Balaban J connectivity index is 2.16. The lowest BCUT2D eigenvalue weighted by Gasteiger charge is -2.37. The maximum atomic E-state index is 11.9. The molecule has 1 fully saturated rings. The van der Waals surface area contributed by atoms with Crippen LogP contribution in [0.25, 0.3) is 0 Å². The summed E-state index contributed by atoms with van der Waals surface area (Å²) in [4.78, 5) is 19.5. The zero-order chi connectivity index (χ0) is 14.7. The lowest BCUT2D eigenvalue weighted by Crippen LogP contribution is -2.34. The van der Waals surface area contributed by atoms with E-state index in [9.17, 15) is 4.79 Å². The molecule has 2 aromatic rings. The normalized spacial score (nSPS) is 17.6. The molecule has 4 heteroatoms. The maximum Gasteiger partial charge on any atom is 0.251 e. The van der Waals surface area contributed by atoms with E-state index in [2.05, 4.69) is 34.2 Å². The van der Waals surface area contributed by atoms with Crippen LogP contribution < -0.4 is 5.56 Å². The summed E-state index contributed by atoms with van der Waals surface area (Å²) in [6, 6.07) is 11.9. The van der Waals surface area contributed by atoms with E-state index in [1.54, 1.807) is 0 Å². The summed E-state index contributed by atoms with van der Waals surface area (Å²) < 4.78 is 0. The van der Waals surface area contributed by atoms with E-state index in [-0.39, 0.29) is 16.9 Å². The minimum atomic E-state index is -0.180. The van der Waals surface area contributed by atoms with Crippen molar-refractivity contribution in [2.75, 3.05) is 0 Å². The van der Waals surface area contributed by atoms with Crippen molar-refractivity contribution in [2.24, 2.45) is 0 Å². The quantitative estimate of drug-likeness (QED) is 0.878. The number of alkyl halides is 1. The molecule has 1 aromatic heterocycles. The highest BCUT2D eigenvalue weighted by Gasteiger charge is 2.38. The number of aromatic amines is 1. The van der Waals surface area contributed by atoms with Crippen molar-refractivity contribution in [1.82, 2.24) is 9.97 Å². The van der Waals surface area contributed by atoms with Gasteiger partial charge in [0.1, 0.15) is 5.82 Å². The Morgan fingerprint density at radius 2 is 1.86 bits per heavy atom. The number of rotatable bonds is 3. The summed E-state index contributed by atoms with van der Waals surface area (Å²) in [6.07, 6.45) is 5.60. The van der Waals surface area contributed by atoms with E-state index in [4.69, 9.17) is 11.6 Å². The fraction of sp³-hybridized carbons (Fsp3) is 0.412. The lowest BCUT2D eigenvalue weighted by atomic mass is 9.68. The second-order valence-corrected chi connectivity index (χ2v) is 6.00. The zero-order valence-electron chi connectivity index (χ0n) is 11.9. The van der Waals surface area contributed by atoms with Crippen LogP contribution in [0, 0.1) is 0 Å². The van der Waals surface area contributed by atoms with Crippen molar-refractivity contribution < 1.29 is 0 Å². The molecule has 1 aliphatic carbocycles. The highest BCUT2D eigenvalue weighted by Crippen LogP contribution is 2.43. The molecule has 3 nitrogen and oxygen atoms in total. The molecule has 1 aromatic carbocycles. The summed E-state index contributed by atoms with van der Waals surface area (Å²) in [5.41, 5.74) is 1.59. The monoisotopic (exact) mass is 302 g/mol. The third kappa shape index (κ3) is 2.75. The van der Waals surface area contributed by atoms with Gasteiger partial charge in [-0.25, -0.2) is 4.98 Å². The van der Waals surface area contributed by atoms with E-state index in [0.717, 1.165) is 31.5 Å². The minimum Gasteiger partial charge on any atom is -0.310 e. The number of hydrogen-bond acceptors (Lipinski definition) is 2. The second kappa shape index (κ2) is 6.02. The molecule has 0 atom stereocenters. The van der Waals surface area contributed by atoms with Crippen LogP contribution in [0.3, 0.4) is 0 Å². The number of nitrogens with one attached hydrogen (secondary N) is 1. The Bertz CT molecular complexity index is 660. The molecule has 0 amide bonds. The molecule has 3 rings (SSSR count). The van der Waals surface area contributed by atoms with Crippen molar-refractivity contribution in [2.45, 2.75) is 43.4 Å². The van der Waals surface area contributed by atoms with Gasteiger partial charge in [0.2, 0.25) is 0 Å². The van der Waals surface area contributed by atoms with Crippen LogP contribution in [0.4, 0.5) is 0 Å². The van der Waals surface area contributed by atoms with Gasteiger partial charge in [-0.3, -0.25) is 4.79 Å². The summed E-state index contributed by atoms with van der Waals surface area (Å²) in [6.45, 7) is 0. The number of benzene rings is 1. The average Bonchev–Trinajstić information content (AvgIpc) is 2.55. The van der Waals surface area contributed by atoms with Crippen molar-refractivity contribution in [3.8, 4) is 0 Å². The van der Waals surface area contributed by atoms with Gasteiger partial charge >= 0.3 is 0 Å². The van der Waals surface area contributed by atoms with Crippen LogP contribution >= 0.6 is 11.6 Å². The molecule has 21 heavy (non-hydrogen) atoms. The number of halogens is 1. The van der Waals surface area contributed by atoms with Gasteiger partial charge in [0.15, 0.2) is 0 Å². The Hall–Kier alpha value is -1.61. The highest BCUT2D eigenvalue weighted by molar-refractivity contribution is 6.16. The van der Waals surface area contributed by atoms with Crippen LogP contribution in [0.1, 0.15) is 49.2 Å². The van der Waals surface area contributed by atoms with Crippen LogP contribution in [0.2, 0.25) is 0 Å². The Kier molecular flexibility index (Phi) is 4.11. The van der Waals surface area contributed by atoms with Crippen molar-refractivity contribution in [3.63, 3.8) is 0 Å². The summed E-state index contributed by atoms with van der Waals surface area (Å²) >= 11 is 5.89. The third-order valence-electron chi connectivity index (χ3n) is 4.42. The standard InChI is InChI=1S/C17H19ClN2O/c18-12-14-11-15(21)20-16(19-14)17(9-5-2-6-10-17)13-7-3-1-4-8-13/h1,3-4,7-8,11H,2,5-6,9-10,12H2,(H,19,20,21). The van der Waals surface area contributed by atoms with Gasteiger partial charge in [0, 0.05) is 6.07 Å². The first-order valence-corrected chi connectivity index (χ1v) is 8.00. The van der Waals surface area contributed by atoms with Crippen molar-refractivity contribution in [1.29, 1.82) is 0 Å². The van der Waals surface area contributed by atoms with Crippen LogP contribution in [-0.4, -0.2) is 9.97 Å². The number of nitrogens with zero attached hydrogens (tertiary/aromatic N) is 1. The molecule has 0 saturated heterocycles. The molecule has 0 unspecified atom stereocenters. The summed E-state index contributed by atoms with van der Waals surface area (Å²) in [5.74, 6) is 1.04. The van der Waals surface area contributed by atoms with Crippen molar-refractivity contribution in [3.05, 3.63) is 63.8 Å². The largest absolute Gasteiger partial charge is 0.310 e. The van der Waals surface area contributed by atoms with E-state index in [1.165, 1.54) is 18.1 Å². The van der Waals surface area contributed by atoms with Gasteiger partial charge in [0.05, 0.1) is 17.0 Å². The fourth-order valence-corrected chi connectivity index (χ4v) is 3.51. The van der Waals surface area contributed by atoms with E-state index in [0.29, 0.717) is 5.69 Å². The van der Waals surface area contributed by atoms with E-state index < -0.39 is 0 Å². The predicted molar refractivity (Wildman–Crippen MR) is 84.7 cm³/mol. The van der Waals surface area contributed by atoms with Gasteiger partial charge in [-0.1, -0.05) is 49.6 Å². The zero-order valence-corrected chi connectivity index (χ0v) is 12.7. The summed E-state index contributed by atoms with van der Waals surface area (Å²) in [7, 11) is 0. The molecule has 1 aliphatic rings. The Morgan fingerprint density at radius 1 is 1.14 bits per heavy atom. The topological polar surface area (TPSA) is 45.8 Å². The Labute approximate surface area is 129 Å². The molecule has 1 N–H and O–H groups in total. The first-order valence-electron chi connectivity index (χ1n) is 7.47. The first-order chi connectivity index (χ1) is 10.2. The molecule has 0 aliphatic heterocycles. The fourth-order valence-electron chi connectivity index (χ4n) is 3.38. The molecular weight excluding hydrogens is 284 g/mol. The number of hydrogen-bond donors (Lipinski definition) is 1. The van der Waals surface area contributed by atoms with Crippen molar-refractivity contribution >= 4 is 11.6 Å². The smallest absolute Gasteiger partial charge is 0.251 e. The van der Waals surface area contributed by atoms with Gasteiger partial charge in [-0.15, -0.1) is 11.6 Å². The first kappa shape index (κ1) is 14.3. The predicted octanol–water partition coefficient (Wildman–Crippen LogP) is 3.76. The average molecular weight is 303 g/mol. The molecule has 1 heterocycles. The highest BCUT2D eigenvalue weighted by atomic mass is 35.5. The van der Waals surface area contributed by atoms with Gasteiger partial charge in [-0.05, 0) is 18.4 Å². The molecule has 110 valence electrons. The van der Waals surface area contributed by atoms with Gasteiger partial charge in [0.25, 0.3) is 5.56 Å². The summed E-state index contributed by atoms with van der Waals surface area (Å²) in [5, 5.41) is 0. The molecule has 0 spiro atoms. The molecular formula is C17H19ClN2O. The lowest BCUT2D eigenvalue weighted by molar-refractivity contribution is 0.329. The number of H-pyrrole nitrogens is 1.